The summed E-state index contributed by atoms with van der Waals surface area (Å²) in [6, 6.07) is 6.23. The average Bonchev–Trinajstić information content (AvgIpc) is 3.37. The van der Waals surface area contributed by atoms with Gasteiger partial charge >= 0.3 is 0 Å². The molecule has 0 aliphatic carbocycles. The van der Waals surface area contributed by atoms with Crippen molar-refractivity contribution in [3.05, 3.63) is 41.0 Å². The van der Waals surface area contributed by atoms with E-state index in [9.17, 15) is 0 Å². The van der Waals surface area contributed by atoms with Crippen molar-refractivity contribution in [2.24, 2.45) is 4.99 Å². The van der Waals surface area contributed by atoms with Crippen LogP contribution in [0.4, 0.5) is 0 Å². The maximum Gasteiger partial charge on any atom is 0.228 e. The first-order valence-electron chi connectivity index (χ1n) is 10.3. The van der Waals surface area contributed by atoms with Crippen LogP contribution >= 0.6 is 0 Å². The van der Waals surface area contributed by atoms with E-state index in [-0.39, 0.29) is 6.10 Å². The Morgan fingerprint density at radius 1 is 1.31 bits per heavy atom. The van der Waals surface area contributed by atoms with E-state index >= 15 is 0 Å². The number of aliphatic imine (C=N–C) groups is 1. The fraction of sp³-hybridized carbons (Fsp3) is 0.571. The molecule has 158 valence electrons. The van der Waals surface area contributed by atoms with E-state index in [0.29, 0.717) is 37.8 Å². The van der Waals surface area contributed by atoms with Crippen LogP contribution in [0.5, 0.6) is 5.75 Å². The summed E-state index contributed by atoms with van der Waals surface area (Å²) >= 11 is 0. The van der Waals surface area contributed by atoms with Gasteiger partial charge in [0.05, 0.1) is 12.6 Å². The van der Waals surface area contributed by atoms with Gasteiger partial charge in [-0.3, -0.25) is 0 Å². The van der Waals surface area contributed by atoms with E-state index in [4.69, 9.17) is 19.0 Å². The molecule has 0 spiro atoms. The summed E-state index contributed by atoms with van der Waals surface area (Å²) in [5.74, 6) is 2.89. The average molecular weight is 402 g/mol. The molecule has 1 aromatic heterocycles. The SMILES string of the molecule is CCNC(=NCc1ccc(C)cc1OCC1CCCO1)NCCc1nc(C)no1. The molecule has 8 nitrogen and oxygen atoms in total. The third kappa shape index (κ3) is 6.74. The third-order valence-electron chi connectivity index (χ3n) is 4.62. The quantitative estimate of drug-likeness (QED) is 0.493. The van der Waals surface area contributed by atoms with Gasteiger partial charge in [-0.15, -0.1) is 0 Å². The Bertz CT molecular complexity index is 799. The van der Waals surface area contributed by atoms with E-state index in [1.807, 2.05) is 13.8 Å². The highest BCUT2D eigenvalue weighted by atomic mass is 16.5. The van der Waals surface area contributed by atoms with Gasteiger partial charge in [0.2, 0.25) is 5.89 Å². The molecular formula is C21H31N5O3. The Labute approximate surface area is 172 Å². The van der Waals surface area contributed by atoms with E-state index in [0.717, 1.165) is 43.3 Å². The monoisotopic (exact) mass is 401 g/mol. The summed E-state index contributed by atoms with van der Waals surface area (Å²) in [7, 11) is 0. The number of guanidine groups is 1. The van der Waals surface area contributed by atoms with Crippen molar-refractivity contribution >= 4 is 5.96 Å². The number of ether oxygens (including phenoxy) is 2. The molecule has 0 saturated carbocycles. The number of hydrogen-bond acceptors (Lipinski definition) is 6. The molecule has 1 atom stereocenters. The Hall–Kier alpha value is -2.61. The van der Waals surface area contributed by atoms with Crippen LogP contribution in [-0.4, -0.2) is 48.5 Å². The highest BCUT2D eigenvalue weighted by Crippen LogP contribution is 2.23. The molecule has 0 amide bonds. The van der Waals surface area contributed by atoms with Crippen LogP contribution in [0.1, 0.15) is 42.6 Å². The van der Waals surface area contributed by atoms with E-state index in [1.54, 1.807) is 0 Å². The number of nitrogens with zero attached hydrogens (tertiary/aromatic N) is 3. The Morgan fingerprint density at radius 3 is 2.93 bits per heavy atom. The molecule has 1 aliphatic heterocycles. The smallest absolute Gasteiger partial charge is 0.228 e. The number of aromatic nitrogens is 2. The second kappa shape index (κ2) is 10.8. The summed E-state index contributed by atoms with van der Waals surface area (Å²) in [5.41, 5.74) is 2.22. The molecule has 2 aromatic rings. The maximum absolute atomic E-state index is 6.07. The lowest BCUT2D eigenvalue weighted by Gasteiger charge is -2.15. The highest BCUT2D eigenvalue weighted by Gasteiger charge is 2.17. The van der Waals surface area contributed by atoms with Crippen LogP contribution in [0.15, 0.2) is 27.7 Å². The summed E-state index contributed by atoms with van der Waals surface area (Å²) in [5, 5.41) is 10.4. The zero-order valence-electron chi connectivity index (χ0n) is 17.5. The molecule has 1 aromatic carbocycles. The summed E-state index contributed by atoms with van der Waals surface area (Å²) in [6.07, 6.45) is 3.01. The van der Waals surface area contributed by atoms with Crippen molar-refractivity contribution in [2.75, 3.05) is 26.3 Å². The number of rotatable bonds is 9. The van der Waals surface area contributed by atoms with Crippen molar-refractivity contribution < 1.29 is 14.0 Å². The lowest BCUT2D eigenvalue weighted by Crippen LogP contribution is -2.38. The fourth-order valence-electron chi connectivity index (χ4n) is 3.12. The molecule has 2 heterocycles. The zero-order valence-corrected chi connectivity index (χ0v) is 17.5. The Morgan fingerprint density at radius 2 is 2.21 bits per heavy atom. The van der Waals surface area contributed by atoms with Gasteiger partial charge < -0.3 is 24.6 Å². The molecule has 0 radical (unpaired) electrons. The minimum Gasteiger partial charge on any atom is -0.491 e. The van der Waals surface area contributed by atoms with Crippen LogP contribution in [-0.2, 0) is 17.7 Å². The normalized spacial score (nSPS) is 16.8. The van der Waals surface area contributed by atoms with Crippen LogP contribution in [0.25, 0.3) is 0 Å². The number of benzene rings is 1. The minimum absolute atomic E-state index is 0.194. The lowest BCUT2D eigenvalue weighted by atomic mass is 10.1. The summed E-state index contributed by atoms with van der Waals surface area (Å²) < 4.78 is 16.9. The summed E-state index contributed by atoms with van der Waals surface area (Å²) in [4.78, 5) is 8.92. The molecule has 8 heteroatoms. The molecule has 1 unspecified atom stereocenters. The Balaban J connectivity index is 1.58. The van der Waals surface area contributed by atoms with Crippen LogP contribution in [0, 0.1) is 13.8 Å². The molecule has 3 rings (SSSR count). The second-order valence-corrected chi connectivity index (χ2v) is 7.16. The van der Waals surface area contributed by atoms with Crippen LogP contribution in [0.3, 0.4) is 0 Å². The van der Waals surface area contributed by atoms with Crippen molar-refractivity contribution in [3.63, 3.8) is 0 Å². The fourth-order valence-corrected chi connectivity index (χ4v) is 3.12. The third-order valence-corrected chi connectivity index (χ3v) is 4.62. The van der Waals surface area contributed by atoms with Gasteiger partial charge in [0.25, 0.3) is 0 Å². The first-order valence-corrected chi connectivity index (χ1v) is 10.3. The van der Waals surface area contributed by atoms with Crippen LogP contribution in [0.2, 0.25) is 0 Å². The van der Waals surface area contributed by atoms with Crippen molar-refractivity contribution in [2.45, 2.75) is 52.7 Å². The van der Waals surface area contributed by atoms with Crippen molar-refractivity contribution in [3.8, 4) is 5.75 Å². The number of hydrogen-bond donors (Lipinski definition) is 2. The van der Waals surface area contributed by atoms with Gasteiger partial charge in [0, 0.05) is 31.7 Å². The minimum atomic E-state index is 0.194. The predicted octanol–water partition coefficient (Wildman–Crippen LogP) is 2.54. The van der Waals surface area contributed by atoms with Gasteiger partial charge in [-0.1, -0.05) is 17.3 Å². The van der Waals surface area contributed by atoms with Crippen molar-refractivity contribution in [1.82, 2.24) is 20.8 Å². The molecule has 0 bridgehead atoms. The van der Waals surface area contributed by atoms with Gasteiger partial charge in [-0.05, 0) is 45.2 Å². The largest absolute Gasteiger partial charge is 0.491 e. The molecular weight excluding hydrogens is 370 g/mol. The molecule has 1 aliphatic rings. The highest BCUT2D eigenvalue weighted by molar-refractivity contribution is 5.79. The maximum atomic E-state index is 6.07. The first-order chi connectivity index (χ1) is 14.1. The zero-order chi connectivity index (χ0) is 20.5. The van der Waals surface area contributed by atoms with Gasteiger partial charge in [-0.2, -0.15) is 4.98 Å². The van der Waals surface area contributed by atoms with Gasteiger partial charge in [0.15, 0.2) is 11.8 Å². The van der Waals surface area contributed by atoms with Gasteiger partial charge in [-0.25, -0.2) is 4.99 Å². The standard InChI is InChI=1S/C21H31N5O3/c1-4-22-21(23-10-9-20-25-16(3)26-29-20)24-13-17-8-7-15(2)12-19(17)28-14-18-6-5-11-27-18/h7-8,12,18H,4-6,9-11,13-14H2,1-3H3,(H2,22,23,24). The van der Waals surface area contributed by atoms with E-state index in [2.05, 4.69) is 45.9 Å². The molecule has 1 saturated heterocycles. The topological polar surface area (TPSA) is 93.8 Å². The van der Waals surface area contributed by atoms with E-state index in [1.165, 1.54) is 5.56 Å². The molecule has 29 heavy (non-hydrogen) atoms. The van der Waals surface area contributed by atoms with Gasteiger partial charge in [0.1, 0.15) is 12.4 Å². The first kappa shape index (κ1) is 21.1. The van der Waals surface area contributed by atoms with E-state index < -0.39 is 0 Å². The predicted molar refractivity (Wildman–Crippen MR) is 111 cm³/mol. The number of nitrogens with one attached hydrogen (secondary N) is 2. The molecule has 2 N–H and O–H groups in total. The Kier molecular flexibility index (Phi) is 7.86. The number of aryl methyl sites for hydroxylation is 2. The van der Waals surface area contributed by atoms with Crippen LogP contribution < -0.4 is 15.4 Å². The second-order valence-electron chi connectivity index (χ2n) is 7.16. The summed E-state index contributed by atoms with van der Waals surface area (Å²) in [6.45, 7) is 9.30. The van der Waals surface area contributed by atoms with Crippen molar-refractivity contribution in [1.29, 1.82) is 0 Å². The lowest BCUT2D eigenvalue weighted by molar-refractivity contribution is 0.0676. The molecule has 1 fully saturated rings.